The van der Waals surface area contributed by atoms with Crippen molar-refractivity contribution in [1.82, 2.24) is 15.3 Å². The van der Waals surface area contributed by atoms with Crippen molar-refractivity contribution in [3.05, 3.63) is 76.3 Å². The molecule has 1 saturated heterocycles. The van der Waals surface area contributed by atoms with Gasteiger partial charge in [-0.25, -0.2) is 18.7 Å². The average Bonchev–Trinajstić information content (AvgIpc) is 2.94. The molecule has 2 N–H and O–H groups in total. The summed E-state index contributed by atoms with van der Waals surface area (Å²) < 4.78 is 32.7. The van der Waals surface area contributed by atoms with Gasteiger partial charge >= 0.3 is 0 Å². The Morgan fingerprint density at radius 2 is 1.78 bits per heavy atom. The third kappa shape index (κ3) is 11.3. The SMILES string of the molecule is CC(C)C[C@@H](C(=O)NN(Cc1ccc(Br)cc1)S(C)(=O)=O)[C@H](CC=Cc1ccccc1)C(=O)NOC1CCCCO1. The number of halogens is 1. The number of allylic oxidation sites excluding steroid dienone is 1. The van der Waals surface area contributed by atoms with Crippen LogP contribution >= 0.6 is 15.9 Å². The van der Waals surface area contributed by atoms with Gasteiger partial charge in [0, 0.05) is 17.5 Å². The molecule has 2 aromatic carbocycles. The van der Waals surface area contributed by atoms with Crippen molar-refractivity contribution in [3.63, 3.8) is 0 Å². The van der Waals surface area contributed by atoms with Crippen LogP contribution in [0.4, 0.5) is 0 Å². The van der Waals surface area contributed by atoms with Crippen LogP contribution in [-0.4, -0.2) is 43.8 Å². The Balaban J connectivity index is 1.84. The van der Waals surface area contributed by atoms with Crippen LogP contribution < -0.4 is 10.9 Å². The van der Waals surface area contributed by atoms with Crippen LogP contribution in [0.15, 0.2) is 65.1 Å². The minimum absolute atomic E-state index is 0.0555. The molecule has 1 heterocycles. The van der Waals surface area contributed by atoms with Crippen LogP contribution in [0.3, 0.4) is 0 Å². The summed E-state index contributed by atoms with van der Waals surface area (Å²) in [6.07, 6.45) is 7.38. The van der Waals surface area contributed by atoms with Crippen LogP contribution in [-0.2, 0) is 35.7 Å². The Kier molecular flexibility index (Phi) is 13.0. The first-order valence-corrected chi connectivity index (χ1v) is 16.5. The van der Waals surface area contributed by atoms with E-state index in [1.807, 2.05) is 56.3 Å². The van der Waals surface area contributed by atoms with Crippen molar-refractivity contribution < 1.29 is 27.6 Å². The summed E-state index contributed by atoms with van der Waals surface area (Å²) in [4.78, 5) is 32.9. The number of carbonyl (C=O) groups is 2. The summed E-state index contributed by atoms with van der Waals surface area (Å²) in [5, 5.41) is 0. The lowest BCUT2D eigenvalue weighted by Gasteiger charge is -2.30. The molecule has 3 atom stereocenters. The van der Waals surface area contributed by atoms with Gasteiger partial charge in [0.25, 0.3) is 0 Å². The zero-order chi connectivity index (χ0) is 29.8. The van der Waals surface area contributed by atoms with E-state index in [2.05, 4.69) is 26.8 Å². The molecule has 3 rings (SSSR count). The van der Waals surface area contributed by atoms with E-state index in [0.717, 1.165) is 33.5 Å². The van der Waals surface area contributed by atoms with Gasteiger partial charge in [0.2, 0.25) is 21.8 Å². The van der Waals surface area contributed by atoms with Gasteiger partial charge in [-0.1, -0.05) is 84.4 Å². The summed E-state index contributed by atoms with van der Waals surface area (Å²) >= 11 is 3.37. The van der Waals surface area contributed by atoms with Crippen LogP contribution in [0.2, 0.25) is 0 Å². The quantitative estimate of drug-likeness (QED) is 0.272. The van der Waals surface area contributed by atoms with Crippen molar-refractivity contribution in [1.29, 1.82) is 0 Å². The molecule has 1 unspecified atom stereocenters. The molecule has 0 saturated carbocycles. The maximum atomic E-state index is 13.8. The highest BCUT2D eigenvalue weighted by molar-refractivity contribution is 9.10. The lowest BCUT2D eigenvalue weighted by Crippen LogP contribution is -2.50. The van der Waals surface area contributed by atoms with E-state index in [4.69, 9.17) is 9.57 Å². The van der Waals surface area contributed by atoms with E-state index < -0.39 is 40.0 Å². The Bertz CT molecular complexity index is 1250. The van der Waals surface area contributed by atoms with E-state index in [-0.39, 0.29) is 18.9 Å². The molecule has 0 spiro atoms. The molecular weight excluding hydrogens is 610 g/mol. The number of hydrogen-bond donors (Lipinski definition) is 2. The summed E-state index contributed by atoms with van der Waals surface area (Å²) in [7, 11) is -3.82. The fraction of sp³-hybridized carbons (Fsp3) is 0.467. The predicted octanol–water partition coefficient (Wildman–Crippen LogP) is 5.20. The first kappa shape index (κ1) is 32.9. The second kappa shape index (κ2) is 16.2. The number of hydrazine groups is 1. The van der Waals surface area contributed by atoms with Crippen molar-refractivity contribution in [2.75, 3.05) is 12.9 Å². The minimum Gasteiger partial charge on any atom is -0.350 e. The molecule has 224 valence electrons. The zero-order valence-corrected chi connectivity index (χ0v) is 26.2. The molecule has 41 heavy (non-hydrogen) atoms. The zero-order valence-electron chi connectivity index (χ0n) is 23.8. The lowest BCUT2D eigenvalue weighted by atomic mass is 9.82. The van der Waals surface area contributed by atoms with Crippen LogP contribution in [0.25, 0.3) is 6.08 Å². The Hall–Kier alpha value is -2.57. The van der Waals surface area contributed by atoms with Crippen molar-refractivity contribution >= 4 is 43.8 Å². The maximum Gasteiger partial charge on any atom is 0.247 e. The molecule has 11 heteroatoms. The largest absolute Gasteiger partial charge is 0.350 e. The number of nitrogens with zero attached hydrogens (tertiary/aromatic N) is 1. The van der Waals surface area contributed by atoms with Gasteiger partial charge in [-0.2, -0.15) is 0 Å². The molecule has 9 nitrogen and oxygen atoms in total. The number of amides is 2. The first-order valence-electron chi connectivity index (χ1n) is 13.8. The van der Waals surface area contributed by atoms with Crippen molar-refractivity contribution in [3.8, 4) is 0 Å². The normalized spacial score (nSPS) is 17.5. The second-order valence-corrected chi connectivity index (χ2v) is 13.5. The fourth-order valence-electron chi connectivity index (χ4n) is 4.54. The number of carbonyl (C=O) groups excluding carboxylic acids is 2. The number of hydroxylamine groups is 1. The van der Waals surface area contributed by atoms with Crippen LogP contribution in [0.5, 0.6) is 0 Å². The number of nitrogens with one attached hydrogen (secondary N) is 2. The highest BCUT2D eigenvalue weighted by Crippen LogP contribution is 2.26. The van der Waals surface area contributed by atoms with Gasteiger partial charge in [-0.15, -0.1) is 4.41 Å². The molecule has 0 aromatic heterocycles. The predicted molar refractivity (Wildman–Crippen MR) is 162 cm³/mol. The van der Waals surface area contributed by atoms with E-state index >= 15 is 0 Å². The Morgan fingerprint density at radius 3 is 2.39 bits per heavy atom. The van der Waals surface area contributed by atoms with E-state index in [9.17, 15) is 18.0 Å². The highest BCUT2D eigenvalue weighted by Gasteiger charge is 2.36. The lowest BCUT2D eigenvalue weighted by molar-refractivity contribution is -0.203. The van der Waals surface area contributed by atoms with Crippen LogP contribution in [0, 0.1) is 17.8 Å². The number of ether oxygens (including phenoxy) is 1. The smallest absolute Gasteiger partial charge is 0.247 e. The maximum absolute atomic E-state index is 13.8. The van der Waals surface area contributed by atoms with E-state index in [1.54, 1.807) is 24.3 Å². The molecule has 2 aromatic rings. The number of hydrogen-bond acceptors (Lipinski definition) is 6. The number of benzene rings is 2. The third-order valence-corrected chi connectivity index (χ3v) is 8.24. The monoisotopic (exact) mass is 649 g/mol. The minimum atomic E-state index is -3.82. The van der Waals surface area contributed by atoms with Gasteiger partial charge < -0.3 is 4.74 Å². The number of rotatable bonds is 14. The molecule has 2 amide bonds. The Morgan fingerprint density at radius 1 is 1.07 bits per heavy atom. The molecule has 1 fully saturated rings. The van der Waals surface area contributed by atoms with Gasteiger partial charge in [0.15, 0.2) is 6.29 Å². The summed E-state index contributed by atoms with van der Waals surface area (Å²) in [5.74, 6) is -2.62. The summed E-state index contributed by atoms with van der Waals surface area (Å²) in [5.41, 5.74) is 6.78. The van der Waals surface area contributed by atoms with Crippen LogP contribution in [0.1, 0.15) is 57.1 Å². The van der Waals surface area contributed by atoms with E-state index in [0.29, 0.717) is 25.0 Å². The van der Waals surface area contributed by atoms with Gasteiger partial charge in [-0.3, -0.25) is 15.0 Å². The van der Waals surface area contributed by atoms with Gasteiger partial charge in [-0.05, 0) is 54.9 Å². The topological polar surface area (TPSA) is 114 Å². The average molecular weight is 651 g/mol. The second-order valence-electron chi connectivity index (χ2n) is 10.6. The van der Waals surface area contributed by atoms with Crippen molar-refractivity contribution in [2.45, 2.75) is 58.8 Å². The van der Waals surface area contributed by atoms with Crippen molar-refractivity contribution in [2.24, 2.45) is 17.8 Å². The molecule has 1 aliphatic heterocycles. The molecule has 1 aliphatic rings. The van der Waals surface area contributed by atoms with Gasteiger partial charge in [0.05, 0.1) is 24.6 Å². The molecular formula is C30H40BrN3O6S. The number of sulfonamides is 1. The fourth-order valence-corrected chi connectivity index (χ4v) is 5.44. The molecule has 0 aliphatic carbocycles. The highest BCUT2D eigenvalue weighted by atomic mass is 79.9. The molecule has 0 radical (unpaired) electrons. The Labute approximate surface area is 251 Å². The summed E-state index contributed by atoms with van der Waals surface area (Å²) in [6, 6.07) is 16.8. The molecule has 0 bridgehead atoms. The van der Waals surface area contributed by atoms with E-state index in [1.165, 1.54) is 0 Å². The first-order chi connectivity index (χ1) is 19.5. The summed E-state index contributed by atoms with van der Waals surface area (Å²) in [6.45, 7) is 4.41. The standard InChI is InChI=1S/C30H40BrN3O6S/c1-22(2)20-27(29(35)32-34(41(3,37)38)21-24-15-17-25(31)18-16-24)26(13-9-12-23-10-5-4-6-11-23)30(36)33-40-28-14-7-8-19-39-28/h4-6,9-12,15-18,22,26-28H,7-8,13-14,19-21H2,1-3H3,(H,32,35)(H,33,36)/t26-,27+,28?/m0/s1. The van der Waals surface area contributed by atoms with Gasteiger partial charge in [0.1, 0.15) is 0 Å². The third-order valence-electron chi connectivity index (χ3n) is 6.69.